The summed E-state index contributed by atoms with van der Waals surface area (Å²) in [7, 11) is -2.38. The molecule has 3 aromatic rings. The largest absolute Gasteiger partial charge is 0.416 e. The molecule has 5 nitrogen and oxygen atoms in total. The molecule has 29 heavy (non-hydrogen) atoms. The van der Waals surface area contributed by atoms with Crippen LogP contribution in [0.15, 0.2) is 58.5 Å². The second-order valence-electron chi connectivity index (χ2n) is 7.04. The standard InChI is InChI=1S/C20H20F3N3O2S/c1-25-13-18(29(27,28)15-5-2-4-14(12-15)20(21,22)23)16-6-3-7-17(19(16)25)26-10-8-24-9-11-26/h2-7,12-13,24H,8-11H2,1H3. The van der Waals surface area contributed by atoms with Crippen molar-refractivity contribution < 1.29 is 21.6 Å². The molecule has 1 N–H and O–H groups in total. The van der Waals surface area contributed by atoms with Gasteiger partial charge in [-0.15, -0.1) is 0 Å². The maximum absolute atomic E-state index is 13.2. The Morgan fingerprint density at radius 2 is 1.72 bits per heavy atom. The van der Waals surface area contributed by atoms with Crippen LogP contribution in [0.3, 0.4) is 0 Å². The summed E-state index contributed by atoms with van der Waals surface area (Å²) in [6.45, 7) is 3.24. The molecule has 2 aromatic carbocycles. The van der Waals surface area contributed by atoms with E-state index in [4.69, 9.17) is 0 Å². The number of nitrogens with zero attached hydrogens (tertiary/aromatic N) is 2. The number of aromatic nitrogens is 1. The predicted octanol–water partition coefficient (Wildman–Crippen LogP) is 3.44. The Bertz CT molecular complexity index is 1160. The summed E-state index contributed by atoms with van der Waals surface area (Å²) in [5.41, 5.74) is 0.678. The maximum atomic E-state index is 13.2. The summed E-state index contributed by atoms with van der Waals surface area (Å²) in [5.74, 6) is 0. The van der Waals surface area contributed by atoms with Crippen molar-refractivity contribution >= 4 is 26.4 Å². The molecule has 1 aliphatic heterocycles. The molecule has 4 rings (SSSR count). The van der Waals surface area contributed by atoms with Gasteiger partial charge >= 0.3 is 6.18 Å². The van der Waals surface area contributed by atoms with Crippen molar-refractivity contribution in [2.24, 2.45) is 7.05 Å². The van der Waals surface area contributed by atoms with Gasteiger partial charge in [-0.25, -0.2) is 8.42 Å². The van der Waals surface area contributed by atoms with Crippen molar-refractivity contribution in [3.05, 3.63) is 54.2 Å². The molecule has 0 bridgehead atoms. The third-order valence-corrected chi connectivity index (χ3v) is 6.94. The van der Waals surface area contributed by atoms with E-state index in [1.165, 1.54) is 12.3 Å². The first kappa shape index (κ1) is 19.8. The van der Waals surface area contributed by atoms with Crippen LogP contribution in [0.5, 0.6) is 0 Å². The van der Waals surface area contributed by atoms with Crippen molar-refractivity contribution in [3.8, 4) is 0 Å². The monoisotopic (exact) mass is 423 g/mol. The summed E-state index contributed by atoms with van der Waals surface area (Å²) < 4.78 is 67.4. The Balaban J connectivity index is 1.86. The zero-order valence-electron chi connectivity index (χ0n) is 15.7. The highest BCUT2D eigenvalue weighted by atomic mass is 32.2. The van der Waals surface area contributed by atoms with Crippen LogP contribution in [-0.2, 0) is 23.1 Å². The average molecular weight is 423 g/mol. The first-order valence-electron chi connectivity index (χ1n) is 9.15. The van der Waals surface area contributed by atoms with Gasteiger partial charge in [-0.1, -0.05) is 18.2 Å². The number of anilines is 1. The molecule has 1 aliphatic rings. The maximum Gasteiger partial charge on any atom is 0.416 e. The van der Waals surface area contributed by atoms with Crippen LogP contribution in [-0.4, -0.2) is 39.2 Å². The molecule has 1 saturated heterocycles. The zero-order chi connectivity index (χ0) is 20.8. The Morgan fingerprint density at radius 1 is 1.03 bits per heavy atom. The Hall–Kier alpha value is -2.52. The molecular formula is C20H20F3N3O2S. The predicted molar refractivity (Wildman–Crippen MR) is 105 cm³/mol. The Labute approximate surface area is 166 Å². The van der Waals surface area contributed by atoms with E-state index in [0.29, 0.717) is 11.5 Å². The van der Waals surface area contributed by atoms with Crippen molar-refractivity contribution in [2.75, 3.05) is 31.1 Å². The van der Waals surface area contributed by atoms with Crippen LogP contribution in [0, 0.1) is 0 Å². The van der Waals surface area contributed by atoms with E-state index in [0.717, 1.165) is 49.5 Å². The molecule has 9 heteroatoms. The van der Waals surface area contributed by atoms with Gasteiger partial charge in [0.05, 0.1) is 26.6 Å². The lowest BCUT2D eigenvalue weighted by Gasteiger charge is -2.30. The molecule has 1 fully saturated rings. The quantitative estimate of drug-likeness (QED) is 0.701. The molecule has 2 heterocycles. The number of fused-ring (bicyclic) bond motifs is 1. The summed E-state index contributed by atoms with van der Waals surface area (Å²) >= 11 is 0. The first-order chi connectivity index (χ1) is 13.7. The topological polar surface area (TPSA) is 54.3 Å². The minimum atomic E-state index is -4.61. The zero-order valence-corrected chi connectivity index (χ0v) is 16.5. The lowest BCUT2D eigenvalue weighted by molar-refractivity contribution is -0.137. The molecule has 0 unspecified atom stereocenters. The number of rotatable bonds is 3. The van der Waals surface area contributed by atoms with Crippen LogP contribution in [0.25, 0.3) is 10.9 Å². The fourth-order valence-electron chi connectivity index (χ4n) is 3.75. The van der Waals surface area contributed by atoms with Gasteiger partial charge in [-0.05, 0) is 24.3 Å². The highest BCUT2D eigenvalue weighted by Crippen LogP contribution is 2.37. The van der Waals surface area contributed by atoms with Crippen molar-refractivity contribution in [3.63, 3.8) is 0 Å². The normalized spacial score (nSPS) is 15.8. The highest BCUT2D eigenvalue weighted by molar-refractivity contribution is 7.91. The minimum Gasteiger partial charge on any atom is -0.367 e. The fraction of sp³-hybridized carbons (Fsp3) is 0.300. The first-order valence-corrected chi connectivity index (χ1v) is 10.6. The third kappa shape index (κ3) is 3.49. The molecule has 0 atom stereocenters. The van der Waals surface area contributed by atoms with Crippen LogP contribution >= 0.6 is 0 Å². The van der Waals surface area contributed by atoms with Crippen molar-refractivity contribution in [1.82, 2.24) is 9.88 Å². The summed E-state index contributed by atoms with van der Waals surface area (Å²) in [4.78, 5) is 1.82. The van der Waals surface area contributed by atoms with E-state index in [1.54, 1.807) is 23.7 Å². The van der Waals surface area contributed by atoms with Crippen molar-refractivity contribution in [2.45, 2.75) is 16.0 Å². The number of hydrogen-bond acceptors (Lipinski definition) is 4. The number of alkyl halides is 3. The number of benzene rings is 2. The lowest BCUT2D eigenvalue weighted by atomic mass is 10.2. The van der Waals surface area contributed by atoms with Crippen LogP contribution in [0.1, 0.15) is 5.56 Å². The van der Waals surface area contributed by atoms with Gasteiger partial charge in [0.15, 0.2) is 0 Å². The van der Waals surface area contributed by atoms with E-state index in [1.807, 2.05) is 6.07 Å². The number of para-hydroxylation sites is 1. The summed E-state index contributed by atoms with van der Waals surface area (Å²) in [6, 6.07) is 9.29. The molecule has 0 spiro atoms. The number of hydrogen-bond donors (Lipinski definition) is 1. The molecule has 0 saturated carbocycles. The lowest BCUT2D eigenvalue weighted by Crippen LogP contribution is -2.43. The third-order valence-electron chi connectivity index (χ3n) is 5.16. The number of nitrogens with one attached hydrogen (secondary N) is 1. The van der Waals surface area contributed by atoms with Gasteiger partial charge < -0.3 is 14.8 Å². The van der Waals surface area contributed by atoms with E-state index < -0.39 is 21.6 Å². The van der Waals surface area contributed by atoms with E-state index in [9.17, 15) is 21.6 Å². The van der Waals surface area contributed by atoms with Crippen molar-refractivity contribution in [1.29, 1.82) is 0 Å². The summed E-state index contributed by atoms with van der Waals surface area (Å²) in [5, 5.41) is 3.78. The minimum absolute atomic E-state index is 0.00584. The highest BCUT2D eigenvalue weighted by Gasteiger charge is 2.33. The van der Waals surface area contributed by atoms with Gasteiger partial charge in [0.1, 0.15) is 0 Å². The Kier molecular flexibility index (Phi) is 4.82. The van der Waals surface area contributed by atoms with E-state index in [2.05, 4.69) is 10.2 Å². The second kappa shape index (κ2) is 7.07. The molecule has 0 radical (unpaired) electrons. The number of sulfone groups is 1. The smallest absolute Gasteiger partial charge is 0.367 e. The SMILES string of the molecule is Cn1cc(S(=O)(=O)c2cccc(C(F)(F)F)c2)c2cccc(N3CCNCC3)c21. The Morgan fingerprint density at radius 3 is 2.41 bits per heavy atom. The number of aryl methyl sites for hydroxylation is 1. The average Bonchev–Trinajstić information content (AvgIpc) is 3.06. The van der Waals surface area contributed by atoms with Crippen LogP contribution < -0.4 is 10.2 Å². The molecule has 154 valence electrons. The van der Waals surface area contributed by atoms with Crippen LogP contribution in [0.2, 0.25) is 0 Å². The number of piperazine rings is 1. The van der Waals surface area contributed by atoms with Gasteiger partial charge in [0.25, 0.3) is 0 Å². The second-order valence-corrected chi connectivity index (χ2v) is 8.96. The summed E-state index contributed by atoms with van der Waals surface area (Å²) in [6.07, 6.45) is -3.13. The molecule has 0 aliphatic carbocycles. The number of halogens is 3. The van der Waals surface area contributed by atoms with E-state index in [-0.39, 0.29) is 9.79 Å². The van der Waals surface area contributed by atoms with Crippen LogP contribution in [0.4, 0.5) is 18.9 Å². The molecule has 1 aromatic heterocycles. The van der Waals surface area contributed by atoms with Gasteiger partial charge in [0.2, 0.25) is 9.84 Å². The van der Waals surface area contributed by atoms with Gasteiger partial charge in [0, 0.05) is 44.8 Å². The molecular weight excluding hydrogens is 403 g/mol. The van der Waals surface area contributed by atoms with Gasteiger partial charge in [-0.3, -0.25) is 0 Å². The van der Waals surface area contributed by atoms with E-state index >= 15 is 0 Å². The fourth-order valence-corrected chi connectivity index (χ4v) is 5.30. The molecule has 0 amide bonds. The van der Waals surface area contributed by atoms with Gasteiger partial charge in [-0.2, -0.15) is 13.2 Å².